The molecule has 0 unspecified atom stereocenters. The summed E-state index contributed by atoms with van der Waals surface area (Å²) in [6, 6.07) is 0. The molecule has 13 heavy (non-hydrogen) atoms. The minimum Gasteiger partial charge on any atom is -0.396 e. The lowest BCUT2D eigenvalue weighted by Gasteiger charge is -2.25. The van der Waals surface area contributed by atoms with Crippen molar-refractivity contribution in [2.45, 2.75) is 38.5 Å². The molecule has 1 saturated carbocycles. The fraction of sp³-hybridized carbons (Fsp3) is 0.700. The Morgan fingerprint density at radius 1 is 1.38 bits per heavy atom. The van der Waals surface area contributed by atoms with Gasteiger partial charge in [-0.25, -0.2) is 0 Å². The molecule has 0 amide bonds. The normalized spacial score (nSPS) is 29.0. The molecule has 0 spiro atoms. The minimum absolute atomic E-state index is 0.624. The molecule has 3 heteroatoms. The lowest BCUT2D eigenvalue weighted by atomic mass is 9.81. The van der Waals surface area contributed by atoms with E-state index >= 15 is 0 Å². The summed E-state index contributed by atoms with van der Waals surface area (Å²) in [7, 11) is 0. The molecule has 1 aliphatic rings. The van der Waals surface area contributed by atoms with Crippen molar-refractivity contribution in [1.29, 1.82) is 0 Å². The summed E-state index contributed by atoms with van der Waals surface area (Å²) in [6.45, 7) is 2.33. The van der Waals surface area contributed by atoms with Gasteiger partial charge in [-0.15, -0.1) is 0 Å². The Morgan fingerprint density at radius 3 is 2.62 bits per heavy atom. The molecule has 0 aliphatic heterocycles. The fourth-order valence-electron chi connectivity index (χ4n) is 2.18. The predicted octanol–water partition coefficient (Wildman–Crippen LogP) is 2.29. The number of anilines is 1. The molecule has 0 aromatic carbocycles. The number of H-pyrrole nitrogens is 1. The van der Waals surface area contributed by atoms with E-state index in [1.54, 1.807) is 6.20 Å². The molecule has 1 aromatic heterocycles. The summed E-state index contributed by atoms with van der Waals surface area (Å²) in [6.07, 6.45) is 6.88. The molecule has 0 bridgehead atoms. The van der Waals surface area contributed by atoms with Crippen molar-refractivity contribution in [1.82, 2.24) is 10.2 Å². The highest BCUT2D eigenvalue weighted by molar-refractivity contribution is 5.42. The number of nitrogens with zero attached hydrogens (tertiary/aromatic N) is 1. The molecule has 72 valence electrons. The molecule has 1 heterocycles. The molecule has 1 aromatic rings. The SMILES string of the molecule is CC1CCC(c2[nH]ncc2N)CC1. The van der Waals surface area contributed by atoms with Gasteiger partial charge in [0.15, 0.2) is 0 Å². The van der Waals surface area contributed by atoms with Gasteiger partial charge in [0.2, 0.25) is 0 Å². The Balaban J connectivity index is 2.06. The number of nitrogen functional groups attached to an aromatic ring is 1. The Kier molecular flexibility index (Phi) is 2.25. The van der Waals surface area contributed by atoms with Crippen LogP contribution in [0.15, 0.2) is 6.20 Å². The van der Waals surface area contributed by atoms with Crippen molar-refractivity contribution in [2.75, 3.05) is 5.73 Å². The van der Waals surface area contributed by atoms with Crippen LogP contribution >= 0.6 is 0 Å². The standard InChI is InChI=1S/C10H17N3/c1-7-2-4-8(5-3-7)10-9(11)6-12-13-10/h6-8H,2-5,11H2,1H3,(H,12,13). The average Bonchev–Trinajstić information content (AvgIpc) is 2.53. The van der Waals surface area contributed by atoms with Gasteiger partial charge < -0.3 is 5.73 Å². The highest BCUT2D eigenvalue weighted by Crippen LogP contribution is 2.36. The van der Waals surface area contributed by atoms with Gasteiger partial charge >= 0.3 is 0 Å². The molecule has 1 aliphatic carbocycles. The van der Waals surface area contributed by atoms with Gasteiger partial charge in [-0.3, -0.25) is 5.10 Å². The van der Waals surface area contributed by atoms with Crippen LogP contribution in [-0.4, -0.2) is 10.2 Å². The van der Waals surface area contributed by atoms with Crippen LogP contribution in [0.1, 0.15) is 44.2 Å². The first kappa shape index (κ1) is 8.60. The third kappa shape index (κ3) is 1.69. The summed E-state index contributed by atoms with van der Waals surface area (Å²) in [5.74, 6) is 1.51. The summed E-state index contributed by atoms with van der Waals surface area (Å²) >= 11 is 0. The van der Waals surface area contributed by atoms with E-state index in [1.807, 2.05) is 0 Å². The van der Waals surface area contributed by atoms with E-state index in [9.17, 15) is 0 Å². The van der Waals surface area contributed by atoms with Crippen LogP contribution in [0.25, 0.3) is 0 Å². The molecule has 3 nitrogen and oxygen atoms in total. The second kappa shape index (κ2) is 3.40. The third-order valence-electron chi connectivity index (χ3n) is 3.12. The van der Waals surface area contributed by atoms with Crippen molar-refractivity contribution < 1.29 is 0 Å². The van der Waals surface area contributed by atoms with Crippen LogP contribution < -0.4 is 5.73 Å². The number of nitrogens with two attached hydrogens (primary N) is 1. The zero-order chi connectivity index (χ0) is 9.26. The van der Waals surface area contributed by atoms with Crippen LogP contribution in [-0.2, 0) is 0 Å². The van der Waals surface area contributed by atoms with E-state index in [0.29, 0.717) is 5.92 Å². The molecule has 0 radical (unpaired) electrons. The Morgan fingerprint density at radius 2 is 2.08 bits per heavy atom. The molecule has 2 rings (SSSR count). The lowest BCUT2D eigenvalue weighted by molar-refractivity contribution is 0.344. The smallest absolute Gasteiger partial charge is 0.0733 e. The van der Waals surface area contributed by atoms with E-state index in [0.717, 1.165) is 17.3 Å². The predicted molar refractivity (Wildman–Crippen MR) is 53.4 cm³/mol. The second-order valence-corrected chi connectivity index (χ2v) is 4.20. The molecule has 0 atom stereocenters. The van der Waals surface area contributed by atoms with Crippen molar-refractivity contribution in [3.63, 3.8) is 0 Å². The van der Waals surface area contributed by atoms with Gasteiger partial charge in [0.05, 0.1) is 17.6 Å². The Labute approximate surface area is 78.7 Å². The topological polar surface area (TPSA) is 54.7 Å². The zero-order valence-corrected chi connectivity index (χ0v) is 8.09. The summed E-state index contributed by atoms with van der Waals surface area (Å²) < 4.78 is 0. The molecular formula is C10H17N3. The van der Waals surface area contributed by atoms with Crippen LogP contribution in [0, 0.1) is 5.92 Å². The molecule has 3 N–H and O–H groups in total. The second-order valence-electron chi connectivity index (χ2n) is 4.20. The third-order valence-corrected chi connectivity index (χ3v) is 3.12. The highest BCUT2D eigenvalue weighted by atomic mass is 15.1. The monoisotopic (exact) mass is 179 g/mol. The van der Waals surface area contributed by atoms with E-state index in [2.05, 4.69) is 17.1 Å². The van der Waals surface area contributed by atoms with Gasteiger partial charge in [0.25, 0.3) is 0 Å². The van der Waals surface area contributed by atoms with Gasteiger partial charge in [-0.2, -0.15) is 5.10 Å². The number of aromatic nitrogens is 2. The maximum atomic E-state index is 5.81. The molecule has 0 saturated heterocycles. The first-order chi connectivity index (χ1) is 6.27. The Hall–Kier alpha value is -0.990. The van der Waals surface area contributed by atoms with Crippen LogP contribution in [0.2, 0.25) is 0 Å². The van der Waals surface area contributed by atoms with E-state index in [-0.39, 0.29) is 0 Å². The average molecular weight is 179 g/mol. The van der Waals surface area contributed by atoms with Crippen LogP contribution in [0.4, 0.5) is 5.69 Å². The van der Waals surface area contributed by atoms with Crippen LogP contribution in [0.5, 0.6) is 0 Å². The Bertz CT molecular complexity index is 271. The van der Waals surface area contributed by atoms with Gasteiger partial charge in [0, 0.05) is 5.92 Å². The van der Waals surface area contributed by atoms with Crippen molar-refractivity contribution >= 4 is 5.69 Å². The summed E-state index contributed by atoms with van der Waals surface area (Å²) in [5, 5.41) is 6.98. The van der Waals surface area contributed by atoms with Gasteiger partial charge in [-0.05, 0) is 18.8 Å². The largest absolute Gasteiger partial charge is 0.396 e. The number of hydrogen-bond donors (Lipinski definition) is 2. The zero-order valence-electron chi connectivity index (χ0n) is 8.09. The highest BCUT2D eigenvalue weighted by Gasteiger charge is 2.22. The quantitative estimate of drug-likeness (QED) is 0.695. The van der Waals surface area contributed by atoms with Gasteiger partial charge in [-0.1, -0.05) is 19.8 Å². The lowest BCUT2D eigenvalue weighted by Crippen LogP contribution is -2.12. The van der Waals surface area contributed by atoms with E-state index in [4.69, 9.17) is 5.73 Å². The number of aromatic amines is 1. The fourth-order valence-corrected chi connectivity index (χ4v) is 2.18. The van der Waals surface area contributed by atoms with E-state index < -0.39 is 0 Å². The van der Waals surface area contributed by atoms with Crippen molar-refractivity contribution in [3.05, 3.63) is 11.9 Å². The number of rotatable bonds is 1. The maximum absolute atomic E-state index is 5.81. The first-order valence-corrected chi connectivity index (χ1v) is 5.06. The van der Waals surface area contributed by atoms with E-state index in [1.165, 1.54) is 25.7 Å². The summed E-state index contributed by atoms with van der Waals surface area (Å²) in [5.41, 5.74) is 7.80. The van der Waals surface area contributed by atoms with Crippen molar-refractivity contribution in [2.24, 2.45) is 5.92 Å². The van der Waals surface area contributed by atoms with Crippen LogP contribution in [0.3, 0.4) is 0 Å². The number of nitrogens with one attached hydrogen (secondary N) is 1. The first-order valence-electron chi connectivity index (χ1n) is 5.06. The summed E-state index contributed by atoms with van der Waals surface area (Å²) in [4.78, 5) is 0. The minimum atomic E-state index is 0.624. The molecular weight excluding hydrogens is 162 g/mol. The maximum Gasteiger partial charge on any atom is 0.0733 e. The molecule has 1 fully saturated rings. The van der Waals surface area contributed by atoms with Crippen molar-refractivity contribution in [3.8, 4) is 0 Å². The number of hydrogen-bond acceptors (Lipinski definition) is 2. The van der Waals surface area contributed by atoms with Gasteiger partial charge in [0.1, 0.15) is 0 Å².